The lowest BCUT2D eigenvalue weighted by molar-refractivity contribution is -0.142. The molecule has 0 aromatic rings. The van der Waals surface area contributed by atoms with Gasteiger partial charge in [-0.1, -0.05) is 41.9 Å². The van der Waals surface area contributed by atoms with E-state index in [1.165, 1.54) is 0 Å². The fourth-order valence-electron chi connectivity index (χ4n) is 4.37. The van der Waals surface area contributed by atoms with Crippen molar-refractivity contribution in [2.45, 2.75) is 88.2 Å². The summed E-state index contributed by atoms with van der Waals surface area (Å²) in [5.41, 5.74) is 21.6. The Balaban J connectivity index is 3.64. The zero-order valence-corrected chi connectivity index (χ0v) is 30.0. The molecule has 1 rings (SSSR count). The van der Waals surface area contributed by atoms with Gasteiger partial charge in [0.25, 0.3) is 0 Å². The Morgan fingerprint density at radius 1 is 0.692 bits per heavy atom. The first-order chi connectivity index (χ1) is 24.3. The van der Waals surface area contributed by atoms with E-state index in [1.54, 1.807) is 13.8 Å². The van der Waals surface area contributed by atoms with Gasteiger partial charge < -0.3 is 65.0 Å². The van der Waals surface area contributed by atoms with Crippen LogP contribution in [-0.4, -0.2) is 130 Å². The van der Waals surface area contributed by atoms with Crippen LogP contribution in [0.2, 0.25) is 0 Å². The number of aliphatic hydroxyl groups excluding tert-OH is 1. The van der Waals surface area contributed by atoms with Gasteiger partial charge in [0.2, 0.25) is 53.2 Å². The van der Waals surface area contributed by atoms with Gasteiger partial charge in [-0.15, -0.1) is 0 Å². The van der Waals surface area contributed by atoms with Crippen molar-refractivity contribution in [1.29, 1.82) is 0 Å². The molecule has 52 heavy (non-hydrogen) atoms. The third kappa shape index (κ3) is 15.7. The lowest BCUT2D eigenvalue weighted by atomic mass is 9.97. The van der Waals surface area contributed by atoms with Crippen LogP contribution in [0.1, 0.15) is 46.0 Å². The van der Waals surface area contributed by atoms with Gasteiger partial charge in [-0.3, -0.25) is 43.2 Å². The number of carbonyl (C=O) groups excluding carboxylic acids is 9. The summed E-state index contributed by atoms with van der Waals surface area (Å²) in [5, 5.41) is 33.2. The molecule has 0 aromatic carbocycles. The van der Waals surface area contributed by atoms with Crippen LogP contribution in [0.25, 0.3) is 0 Å². The van der Waals surface area contributed by atoms with Crippen LogP contribution in [0.3, 0.4) is 0 Å². The summed E-state index contributed by atoms with van der Waals surface area (Å²) in [6.07, 6.45) is -2.20. The number of aliphatic carboxylic acids is 1. The van der Waals surface area contributed by atoms with Gasteiger partial charge in [0.1, 0.15) is 36.3 Å². The number of carbonyl (C=O) groups is 10. The van der Waals surface area contributed by atoms with E-state index in [9.17, 15) is 58.2 Å². The Kier molecular flexibility index (Phi) is 19.4. The van der Waals surface area contributed by atoms with Crippen LogP contribution in [0, 0.1) is 5.92 Å². The molecule has 1 heterocycles. The van der Waals surface area contributed by atoms with Crippen LogP contribution in [0.4, 0.5) is 0 Å². The molecule has 0 spiro atoms. The Morgan fingerprint density at radius 2 is 1.15 bits per heavy atom. The Hall–Kier alpha value is -4.68. The van der Waals surface area contributed by atoms with Gasteiger partial charge in [-0.05, 0) is 12.3 Å². The molecule has 22 nitrogen and oxygen atoms in total. The van der Waals surface area contributed by atoms with Gasteiger partial charge >= 0.3 is 5.97 Å². The number of hydrogen-bond donors (Lipinski definition) is 12. The highest BCUT2D eigenvalue weighted by Gasteiger charge is 2.35. The molecular formula is C28H46N10O12S2. The lowest BCUT2D eigenvalue weighted by Crippen LogP contribution is -2.61. The van der Waals surface area contributed by atoms with Crippen molar-refractivity contribution in [3.05, 3.63) is 0 Å². The molecule has 1 saturated heterocycles. The molecule has 0 bridgehead atoms. The van der Waals surface area contributed by atoms with Crippen molar-refractivity contribution in [2.75, 3.05) is 18.1 Å². The van der Waals surface area contributed by atoms with Crippen molar-refractivity contribution in [2.24, 2.45) is 28.9 Å². The molecule has 24 heteroatoms. The molecule has 8 atom stereocenters. The van der Waals surface area contributed by atoms with E-state index in [0.717, 1.165) is 21.6 Å². The molecule has 1 aliphatic rings. The van der Waals surface area contributed by atoms with Gasteiger partial charge in [0.15, 0.2) is 0 Å². The van der Waals surface area contributed by atoms with Crippen LogP contribution < -0.4 is 54.8 Å². The zero-order chi connectivity index (χ0) is 39.7. The summed E-state index contributed by atoms with van der Waals surface area (Å²) in [7, 11) is 1.87. The number of carboxylic acids is 1. The van der Waals surface area contributed by atoms with E-state index in [1.807, 2.05) is 0 Å². The highest BCUT2D eigenvalue weighted by atomic mass is 33.1. The Labute approximate surface area is 305 Å². The molecule has 292 valence electrons. The first kappa shape index (κ1) is 45.3. The van der Waals surface area contributed by atoms with Crippen LogP contribution in [0.15, 0.2) is 0 Å². The second-order valence-corrected chi connectivity index (χ2v) is 14.3. The fraction of sp³-hybridized carbons (Fsp3) is 0.643. The van der Waals surface area contributed by atoms with Gasteiger partial charge in [0, 0.05) is 17.9 Å². The number of carboxylic acid groups (broad SMARTS) is 1. The molecule has 1 aliphatic heterocycles. The number of hydrogen-bond acceptors (Lipinski definition) is 14. The number of aliphatic hydroxyl groups is 1. The van der Waals surface area contributed by atoms with Crippen LogP contribution in [0.5, 0.6) is 0 Å². The Morgan fingerprint density at radius 3 is 1.63 bits per heavy atom. The minimum absolute atomic E-state index is 0.149. The van der Waals surface area contributed by atoms with E-state index >= 15 is 0 Å². The quantitative estimate of drug-likeness (QED) is 0.0868. The minimum Gasteiger partial charge on any atom is -0.480 e. The molecule has 8 unspecified atom stereocenters. The number of rotatable bonds is 11. The predicted octanol–water partition coefficient (Wildman–Crippen LogP) is -6.24. The van der Waals surface area contributed by atoms with Crippen molar-refractivity contribution in [3.8, 4) is 0 Å². The summed E-state index contributed by atoms with van der Waals surface area (Å²) in [4.78, 5) is 126. The number of nitrogens with two attached hydrogens (primary N) is 4. The normalized spacial score (nSPS) is 27.0. The molecular weight excluding hydrogens is 733 g/mol. The zero-order valence-electron chi connectivity index (χ0n) is 28.4. The van der Waals surface area contributed by atoms with Crippen molar-refractivity contribution >= 4 is 80.7 Å². The first-order valence-corrected chi connectivity index (χ1v) is 18.3. The number of nitrogens with one attached hydrogen (secondary N) is 6. The second kappa shape index (κ2) is 22.3. The van der Waals surface area contributed by atoms with E-state index in [4.69, 9.17) is 22.9 Å². The number of amides is 9. The number of primary amides is 3. The van der Waals surface area contributed by atoms with Crippen molar-refractivity contribution in [1.82, 2.24) is 31.9 Å². The average molecular weight is 779 g/mol. The Bertz CT molecular complexity index is 1370. The molecule has 0 aromatic heterocycles. The van der Waals surface area contributed by atoms with Crippen molar-refractivity contribution in [3.63, 3.8) is 0 Å². The predicted molar refractivity (Wildman–Crippen MR) is 185 cm³/mol. The SMILES string of the molecule is CCC(C)C1NC(=O)C(CCC(N)=O)NC(=O)C(CC(N)=O)NC(=O)C(CO)NC(=O)C(CC(N)=O)NC(=O)C(N)CSSCC(C(=O)O)NC1=O. The maximum absolute atomic E-state index is 13.5. The third-order valence-electron chi connectivity index (χ3n) is 7.51. The maximum Gasteiger partial charge on any atom is 0.327 e. The topological polar surface area (TPSA) is 387 Å². The standard InChI is InChI=1S/C28H46N10O12S2/c1-3-11(2)21-27(48)37-17(28(49)50)10-52-51-9-12(29)22(43)34-14(6-19(31)41)25(46)36-16(8-39)26(47)35-15(7-20(32)42)24(45)33-13(23(44)38-21)4-5-18(30)40/h11-17,21,39H,3-10,29H2,1-2H3,(H2,30,40)(H2,31,41)(H2,32,42)(H,33,45)(H,34,43)(H,35,47)(H,36,46)(H,37,48)(H,38,44)(H,49,50). The van der Waals surface area contributed by atoms with Crippen LogP contribution >= 0.6 is 21.6 Å². The van der Waals surface area contributed by atoms with E-state index in [2.05, 4.69) is 31.9 Å². The highest BCUT2D eigenvalue weighted by molar-refractivity contribution is 8.76. The van der Waals surface area contributed by atoms with E-state index in [0.29, 0.717) is 6.42 Å². The summed E-state index contributed by atoms with van der Waals surface area (Å²) >= 11 is 0. The molecule has 0 radical (unpaired) electrons. The second-order valence-electron chi connectivity index (χ2n) is 11.7. The average Bonchev–Trinajstić information content (AvgIpc) is 3.06. The third-order valence-corrected chi connectivity index (χ3v) is 9.96. The summed E-state index contributed by atoms with van der Waals surface area (Å²) in [6.45, 7) is 2.19. The van der Waals surface area contributed by atoms with Gasteiger partial charge in [-0.2, -0.15) is 0 Å². The minimum atomic E-state index is -1.84. The maximum atomic E-state index is 13.5. The smallest absolute Gasteiger partial charge is 0.327 e. The van der Waals surface area contributed by atoms with Gasteiger partial charge in [-0.25, -0.2) is 4.79 Å². The summed E-state index contributed by atoms with van der Waals surface area (Å²) in [6, 6.07) is -11.1. The van der Waals surface area contributed by atoms with Crippen molar-refractivity contribution < 1.29 is 58.2 Å². The molecule has 9 amide bonds. The first-order valence-electron chi connectivity index (χ1n) is 15.8. The van der Waals surface area contributed by atoms with E-state index in [-0.39, 0.29) is 11.5 Å². The molecule has 1 fully saturated rings. The summed E-state index contributed by atoms with van der Waals surface area (Å²) in [5.74, 6) is -11.9. The molecule has 0 aliphatic carbocycles. The highest BCUT2D eigenvalue weighted by Crippen LogP contribution is 2.23. The monoisotopic (exact) mass is 778 g/mol. The summed E-state index contributed by atoms with van der Waals surface area (Å²) < 4.78 is 0. The molecule has 16 N–H and O–H groups in total. The largest absolute Gasteiger partial charge is 0.480 e. The fourth-order valence-corrected chi connectivity index (χ4v) is 6.65. The van der Waals surface area contributed by atoms with Gasteiger partial charge in [0.05, 0.1) is 25.5 Å². The van der Waals surface area contributed by atoms with Crippen LogP contribution in [-0.2, 0) is 47.9 Å². The van der Waals surface area contributed by atoms with E-state index < -0.39 is 140 Å². The lowest BCUT2D eigenvalue weighted by Gasteiger charge is -2.28. The molecule has 0 saturated carbocycles.